The first-order chi connectivity index (χ1) is 25.5. The van der Waals surface area contributed by atoms with Gasteiger partial charge in [0, 0.05) is 31.1 Å². The average molecular weight is 787 g/mol. The van der Waals surface area contributed by atoms with Gasteiger partial charge in [0.15, 0.2) is 0 Å². The predicted octanol–water partition coefficient (Wildman–Crippen LogP) is 6.88. The fraction of sp³-hybridized carbons (Fsp3) is 0.911. The Morgan fingerprint density at radius 3 is 1.79 bits per heavy atom. The Morgan fingerprint density at radius 2 is 1.30 bits per heavy atom. The zero-order chi connectivity index (χ0) is 41.3. The second-order valence-corrected chi connectivity index (χ2v) is 23.1. The molecule has 8 saturated carbocycles. The summed E-state index contributed by atoms with van der Waals surface area (Å²) in [6, 6.07) is 0. The number of cyclic esters (lactones) is 1. The van der Waals surface area contributed by atoms with Crippen LogP contribution in [0.25, 0.3) is 0 Å². The summed E-state index contributed by atoms with van der Waals surface area (Å²) < 4.78 is 24.6. The van der Waals surface area contributed by atoms with Crippen molar-refractivity contribution in [3.05, 3.63) is 0 Å². The van der Waals surface area contributed by atoms with Gasteiger partial charge in [-0.25, -0.2) is 4.79 Å². The number of aliphatic hydroxyl groups is 3. The topological polar surface area (TPSA) is 166 Å². The fourth-order valence-electron chi connectivity index (χ4n) is 14.4. The summed E-state index contributed by atoms with van der Waals surface area (Å²) in [5.74, 6) is -1.54. The van der Waals surface area contributed by atoms with Crippen molar-refractivity contribution in [2.75, 3.05) is 0 Å². The molecule has 0 aromatic carbocycles. The lowest BCUT2D eigenvalue weighted by Gasteiger charge is -2.65. The summed E-state index contributed by atoms with van der Waals surface area (Å²) in [7, 11) is 0. The van der Waals surface area contributed by atoms with Crippen molar-refractivity contribution < 1.29 is 53.4 Å². The van der Waals surface area contributed by atoms with Crippen molar-refractivity contribution in [1.29, 1.82) is 0 Å². The summed E-state index contributed by atoms with van der Waals surface area (Å²) in [5.41, 5.74) is -10.1. The molecule has 9 fully saturated rings. The predicted molar refractivity (Wildman–Crippen MR) is 206 cm³/mol. The van der Waals surface area contributed by atoms with E-state index in [2.05, 4.69) is 13.8 Å². The number of esters is 4. The third kappa shape index (κ3) is 7.13. The first-order valence-electron chi connectivity index (χ1n) is 21.6. The molecule has 56 heavy (non-hydrogen) atoms. The van der Waals surface area contributed by atoms with Gasteiger partial charge in [0.1, 0.15) is 16.8 Å². The standard InChI is InChI=1S/C45H70O11/c1-11-38(8,34(48)55-40(10,27(2)3)41-13-28-12-29(14-41)16-42(50,15-28)23-41)22-39(9,21-36(4,5)33(47)53-31-20-37(6,7)54-32(31)46)35(49)56-45-19-30-17-43(51,25-45)24-44(52,18-30)26-45/h27-31,50-52H,11-26H2,1-10H3. The Hall–Kier alpha value is -2.24. The Morgan fingerprint density at radius 1 is 0.732 bits per heavy atom. The van der Waals surface area contributed by atoms with Crippen LogP contribution in [0.4, 0.5) is 0 Å². The van der Waals surface area contributed by atoms with Gasteiger partial charge in [0.2, 0.25) is 6.10 Å². The molecule has 9 aliphatic rings. The molecule has 0 radical (unpaired) electrons. The van der Waals surface area contributed by atoms with Gasteiger partial charge in [0.25, 0.3) is 0 Å². The molecular weight excluding hydrogens is 716 g/mol. The molecule has 3 N–H and O–H groups in total. The van der Waals surface area contributed by atoms with E-state index in [1.165, 1.54) is 0 Å². The van der Waals surface area contributed by atoms with Crippen LogP contribution in [0.1, 0.15) is 172 Å². The van der Waals surface area contributed by atoms with Gasteiger partial charge >= 0.3 is 23.9 Å². The van der Waals surface area contributed by atoms with Crippen molar-refractivity contribution >= 4 is 23.9 Å². The van der Waals surface area contributed by atoms with E-state index < -0.39 is 79.8 Å². The molecule has 0 aromatic heterocycles. The van der Waals surface area contributed by atoms with Crippen LogP contribution in [0.3, 0.4) is 0 Å². The van der Waals surface area contributed by atoms with Crippen LogP contribution in [0.15, 0.2) is 0 Å². The quantitative estimate of drug-likeness (QED) is 0.132. The smallest absolute Gasteiger partial charge is 0.348 e. The maximum Gasteiger partial charge on any atom is 0.348 e. The van der Waals surface area contributed by atoms with Crippen molar-refractivity contribution in [2.24, 2.45) is 45.3 Å². The van der Waals surface area contributed by atoms with E-state index in [0.29, 0.717) is 43.9 Å². The van der Waals surface area contributed by atoms with Crippen LogP contribution in [0.5, 0.6) is 0 Å². The van der Waals surface area contributed by atoms with Crippen LogP contribution in [-0.4, -0.2) is 78.9 Å². The minimum Gasteiger partial charge on any atom is -0.458 e. The summed E-state index contributed by atoms with van der Waals surface area (Å²) >= 11 is 0. The molecule has 316 valence electrons. The highest BCUT2D eigenvalue weighted by Gasteiger charge is 2.67. The van der Waals surface area contributed by atoms with Crippen LogP contribution in [0.2, 0.25) is 0 Å². The summed E-state index contributed by atoms with van der Waals surface area (Å²) in [6.45, 7) is 18.6. The second kappa shape index (κ2) is 12.9. The molecule has 11 nitrogen and oxygen atoms in total. The number of hydrogen-bond acceptors (Lipinski definition) is 11. The van der Waals surface area contributed by atoms with Gasteiger partial charge in [-0.15, -0.1) is 0 Å². The molecular formula is C45H70O11. The lowest BCUT2D eigenvalue weighted by molar-refractivity contribution is -0.265. The third-order valence-electron chi connectivity index (χ3n) is 16.3. The van der Waals surface area contributed by atoms with Crippen LogP contribution < -0.4 is 0 Å². The second-order valence-electron chi connectivity index (χ2n) is 23.1. The summed E-state index contributed by atoms with van der Waals surface area (Å²) in [6.07, 6.45) is 6.86. The summed E-state index contributed by atoms with van der Waals surface area (Å²) in [4.78, 5) is 56.6. The Labute approximate surface area is 333 Å². The SMILES string of the molecule is CCC(C)(CC(C)(CC(C)(C)C(=O)OC1CC(C)(C)OC1=O)C(=O)OC12CC3CC(O)(CC(O)(C3)C1)C2)C(=O)OC(C)(C(C)C)C12CC3CC(CC(O)(C3)C1)C2. The molecule has 8 unspecified atom stereocenters. The van der Waals surface area contributed by atoms with Gasteiger partial charge in [-0.1, -0.05) is 20.8 Å². The maximum absolute atomic E-state index is 15.0. The van der Waals surface area contributed by atoms with E-state index in [9.17, 15) is 29.7 Å². The molecule has 1 heterocycles. The van der Waals surface area contributed by atoms with E-state index in [0.717, 1.165) is 32.1 Å². The van der Waals surface area contributed by atoms with Gasteiger partial charge in [-0.3, -0.25) is 14.4 Å². The van der Waals surface area contributed by atoms with E-state index in [4.69, 9.17) is 18.9 Å². The zero-order valence-electron chi connectivity index (χ0n) is 35.8. The first-order valence-corrected chi connectivity index (χ1v) is 21.6. The third-order valence-corrected chi connectivity index (χ3v) is 16.3. The highest BCUT2D eigenvalue weighted by atomic mass is 16.6. The van der Waals surface area contributed by atoms with E-state index >= 15 is 4.79 Å². The van der Waals surface area contributed by atoms with E-state index in [1.54, 1.807) is 34.6 Å². The maximum atomic E-state index is 15.0. The minimum atomic E-state index is -1.44. The van der Waals surface area contributed by atoms with Crippen LogP contribution in [0, 0.1) is 45.3 Å². The highest BCUT2D eigenvalue weighted by molar-refractivity contribution is 5.85. The monoisotopic (exact) mass is 786 g/mol. The Kier molecular flexibility index (Phi) is 9.64. The molecule has 8 atom stereocenters. The molecule has 8 bridgehead atoms. The molecule has 0 spiro atoms. The Bertz CT molecular complexity index is 1610. The normalized spacial score (nSPS) is 42.4. The zero-order valence-corrected chi connectivity index (χ0v) is 35.8. The Balaban J connectivity index is 1.18. The molecule has 1 saturated heterocycles. The van der Waals surface area contributed by atoms with Crippen molar-refractivity contribution in [1.82, 2.24) is 0 Å². The van der Waals surface area contributed by atoms with Crippen LogP contribution in [-0.2, 0) is 38.1 Å². The van der Waals surface area contributed by atoms with Crippen molar-refractivity contribution in [3.8, 4) is 0 Å². The fourth-order valence-corrected chi connectivity index (χ4v) is 14.4. The number of rotatable bonds is 13. The van der Waals surface area contributed by atoms with Gasteiger partial charge in [0.05, 0.1) is 33.0 Å². The summed E-state index contributed by atoms with van der Waals surface area (Å²) in [5, 5.41) is 34.8. The lowest BCUT2D eigenvalue weighted by Crippen LogP contribution is -2.67. The molecule has 11 heteroatoms. The largest absolute Gasteiger partial charge is 0.458 e. The molecule has 9 rings (SSSR count). The van der Waals surface area contributed by atoms with Crippen LogP contribution >= 0.6 is 0 Å². The number of ether oxygens (including phenoxy) is 4. The highest BCUT2D eigenvalue weighted by Crippen LogP contribution is 2.67. The minimum absolute atomic E-state index is 0.00617. The van der Waals surface area contributed by atoms with E-state index in [1.807, 2.05) is 20.8 Å². The average Bonchev–Trinajstić information content (AvgIpc) is 3.27. The van der Waals surface area contributed by atoms with Crippen molar-refractivity contribution in [2.45, 2.75) is 212 Å². The molecule has 8 aliphatic carbocycles. The first kappa shape index (κ1) is 41.9. The van der Waals surface area contributed by atoms with Gasteiger partial charge in [-0.05, 0) is 149 Å². The van der Waals surface area contributed by atoms with E-state index in [-0.39, 0.29) is 55.8 Å². The van der Waals surface area contributed by atoms with Gasteiger partial charge < -0.3 is 34.3 Å². The van der Waals surface area contributed by atoms with Gasteiger partial charge in [-0.2, -0.15) is 0 Å². The molecule has 0 amide bonds. The number of carbonyl (C=O) groups excluding carboxylic acids is 4. The number of carbonyl (C=O) groups is 4. The molecule has 1 aliphatic heterocycles. The lowest BCUT2D eigenvalue weighted by atomic mass is 9.43. The molecule has 0 aromatic rings. The number of hydrogen-bond donors (Lipinski definition) is 3. The van der Waals surface area contributed by atoms with Crippen molar-refractivity contribution in [3.63, 3.8) is 0 Å².